The van der Waals surface area contributed by atoms with Crippen LogP contribution in [0.25, 0.3) is 11.0 Å². The minimum atomic E-state index is -0.0628. The van der Waals surface area contributed by atoms with Crippen LogP contribution in [-0.2, 0) is 20.1 Å². The maximum absolute atomic E-state index is 12.9. The van der Waals surface area contributed by atoms with Crippen LogP contribution in [-0.4, -0.2) is 26.4 Å². The zero-order chi connectivity index (χ0) is 18.0. The van der Waals surface area contributed by atoms with E-state index in [4.69, 9.17) is 4.74 Å². The van der Waals surface area contributed by atoms with Crippen molar-refractivity contribution in [1.29, 1.82) is 0 Å². The lowest BCUT2D eigenvalue weighted by Gasteiger charge is -2.13. The van der Waals surface area contributed by atoms with E-state index in [1.54, 1.807) is 23.4 Å². The molecule has 0 saturated heterocycles. The fraction of sp³-hybridized carbons (Fsp3) is 0.389. The Bertz CT molecular complexity index is 941. The van der Waals surface area contributed by atoms with E-state index in [2.05, 4.69) is 15.4 Å². The quantitative estimate of drug-likeness (QED) is 0.745. The first-order valence-corrected chi connectivity index (χ1v) is 8.36. The van der Waals surface area contributed by atoms with Crippen LogP contribution in [0.3, 0.4) is 0 Å². The molecule has 2 heterocycles. The van der Waals surface area contributed by atoms with E-state index in [9.17, 15) is 4.79 Å². The van der Waals surface area contributed by atoms with Gasteiger partial charge in [0.1, 0.15) is 11.3 Å². The molecule has 0 fully saturated rings. The number of benzene rings is 1. The maximum Gasteiger partial charge on any atom is 0.281 e. The molecule has 0 aliphatic heterocycles. The Morgan fingerprint density at radius 1 is 1.24 bits per heavy atom. The van der Waals surface area contributed by atoms with Crippen LogP contribution in [0.1, 0.15) is 24.6 Å². The number of ether oxygens (including phenoxy) is 1. The number of hydrogen-bond donors (Lipinski definition) is 1. The van der Waals surface area contributed by atoms with Gasteiger partial charge in [-0.05, 0) is 31.0 Å². The Balaban J connectivity index is 1.97. The summed E-state index contributed by atoms with van der Waals surface area (Å²) >= 11 is 0. The fourth-order valence-electron chi connectivity index (χ4n) is 2.90. The second kappa shape index (κ2) is 6.96. The van der Waals surface area contributed by atoms with Crippen molar-refractivity contribution in [3.8, 4) is 5.75 Å². The summed E-state index contributed by atoms with van der Waals surface area (Å²) in [6, 6.07) is 7.81. The number of hydrogen-bond acceptors (Lipinski definition) is 5. The summed E-state index contributed by atoms with van der Waals surface area (Å²) in [6.07, 6.45) is 0.848. The lowest BCUT2D eigenvalue weighted by molar-refractivity contribution is 0.414. The third kappa shape index (κ3) is 3.22. The SMILES string of the molecule is CCCn1c(NCc2ccc(OC)cc2)nc2c(C)nn(C)c2c1=O. The summed E-state index contributed by atoms with van der Waals surface area (Å²) in [7, 11) is 3.42. The zero-order valence-corrected chi connectivity index (χ0v) is 15.0. The highest BCUT2D eigenvalue weighted by Gasteiger charge is 2.16. The molecule has 0 aliphatic carbocycles. The molecule has 132 valence electrons. The molecule has 3 rings (SSSR count). The Morgan fingerprint density at radius 2 is 1.96 bits per heavy atom. The predicted octanol–water partition coefficient (Wildman–Crippen LogP) is 2.47. The maximum atomic E-state index is 12.9. The summed E-state index contributed by atoms with van der Waals surface area (Å²) in [4.78, 5) is 17.5. The highest BCUT2D eigenvalue weighted by atomic mass is 16.5. The average Bonchev–Trinajstić information content (AvgIpc) is 2.90. The third-order valence-electron chi connectivity index (χ3n) is 4.17. The van der Waals surface area contributed by atoms with Crippen LogP contribution < -0.4 is 15.6 Å². The van der Waals surface area contributed by atoms with Crippen LogP contribution >= 0.6 is 0 Å². The molecule has 3 aromatic rings. The second-order valence-corrected chi connectivity index (χ2v) is 6.00. The molecule has 0 radical (unpaired) electrons. The summed E-state index contributed by atoms with van der Waals surface area (Å²) < 4.78 is 8.47. The zero-order valence-electron chi connectivity index (χ0n) is 15.0. The minimum Gasteiger partial charge on any atom is -0.497 e. The minimum absolute atomic E-state index is 0.0628. The second-order valence-electron chi connectivity index (χ2n) is 6.00. The molecule has 7 nitrogen and oxygen atoms in total. The Morgan fingerprint density at radius 3 is 2.60 bits per heavy atom. The standard InChI is InChI=1S/C18H23N5O2/c1-5-10-23-17(24)16-15(12(2)21-22(16)3)20-18(23)19-11-13-6-8-14(25-4)9-7-13/h6-9H,5,10-11H2,1-4H3,(H,19,20). The molecular weight excluding hydrogens is 318 g/mol. The van der Waals surface area contributed by atoms with E-state index in [-0.39, 0.29) is 5.56 Å². The van der Waals surface area contributed by atoms with Crippen molar-refractivity contribution in [2.75, 3.05) is 12.4 Å². The summed E-state index contributed by atoms with van der Waals surface area (Å²) in [5.74, 6) is 1.39. The van der Waals surface area contributed by atoms with E-state index < -0.39 is 0 Å². The average molecular weight is 341 g/mol. The molecule has 0 unspecified atom stereocenters. The number of methoxy groups -OCH3 is 1. The highest BCUT2D eigenvalue weighted by Crippen LogP contribution is 2.16. The lowest BCUT2D eigenvalue weighted by atomic mass is 10.2. The molecule has 0 amide bonds. The van der Waals surface area contributed by atoms with Crippen molar-refractivity contribution >= 4 is 17.0 Å². The Labute approximate surface area is 146 Å². The van der Waals surface area contributed by atoms with Crippen molar-refractivity contribution < 1.29 is 4.74 Å². The predicted molar refractivity (Wildman–Crippen MR) is 98.1 cm³/mol. The molecule has 1 aromatic carbocycles. The van der Waals surface area contributed by atoms with Gasteiger partial charge in [-0.1, -0.05) is 19.1 Å². The van der Waals surface area contributed by atoms with Gasteiger partial charge in [0.15, 0.2) is 5.52 Å². The number of nitrogens with zero attached hydrogens (tertiary/aromatic N) is 4. The molecular formula is C18H23N5O2. The first-order chi connectivity index (χ1) is 12.0. The monoisotopic (exact) mass is 341 g/mol. The first kappa shape index (κ1) is 17.0. The van der Waals surface area contributed by atoms with Crippen molar-refractivity contribution in [1.82, 2.24) is 19.3 Å². The van der Waals surface area contributed by atoms with Crippen molar-refractivity contribution in [2.24, 2.45) is 7.05 Å². The molecule has 0 atom stereocenters. The fourth-order valence-corrected chi connectivity index (χ4v) is 2.90. The normalized spacial score (nSPS) is 11.0. The van der Waals surface area contributed by atoms with Gasteiger partial charge in [0.2, 0.25) is 5.95 Å². The first-order valence-electron chi connectivity index (χ1n) is 8.36. The number of nitrogens with one attached hydrogen (secondary N) is 1. The molecule has 0 aliphatic rings. The van der Waals surface area contributed by atoms with E-state index in [0.717, 1.165) is 23.4 Å². The number of aromatic nitrogens is 4. The summed E-state index contributed by atoms with van der Waals surface area (Å²) in [5.41, 5.74) is 2.97. The van der Waals surface area contributed by atoms with Crippen LogP contribution in [0.15, 0.2) is 29.1 Å². The topological polar surface area (TPSA) is 74.0 Å². The molecule has 2 aromatic heterocycles. The molecule has 1 N–H and O–H groups in total. The number of rotatable bonds is 6. The van der Waals surface area contributed by atoms with Gasteiger partial charge in [0.25, 0.3) is 5.56 Å². The van der Waals surface area contributed by atoms with Crippen molar-refractivity contribution in [3.05, 3.63) is 45.9 Å². The number of anilines is 1. The van der Waals surface area contributed by atoms with Gasteiger partial charge >= 0.3 is 0 Å². The molecule has 25 heavy (non-hydrogen) atoms. The smallest absolute Gasteiger partial charge is 0.281 e. The van der Waals surface area contributed by atoms with E-state index in [1.807, 2.05) is 38.1 Å². The molecule has 0 bridgehead atoms. The molecule has 7 heteroatoms. The van der Waals surface area contributed by atoms with Crippen LogP contribution in [0.2, 0.25) is 0 Å². The van der Waals surface area contributed by atoms with E-state index in [0.29, 0.717) is 30.1 Å². The van der Waals surface area contributed by atoms with Gasteiger partial charge in [-0.25, -0.2) is 4.98 Å². The van der Waals surface area contributed by atoms with Gasteiger partial charge in [0.05, 0.1) is 12.8 Å². The van der Waals surface area contributed by atoms with Crippen LogP contribution in [0, 0.1) is 6.92 Å². The van der Waals surface area contributed by atoms with Crippen molar-refractivity contribution in [3.63, 3.8) is 0 Å². The third-order valence-corrected chi connectivity index (χ3v) is 4.17. The summed E-state index contributed by atoms with van der Waals surface area (Å²) in [5, 5.41) is 7.63. The number of aryl methyl sites for hydroxylation is 2. The summed E-state index contributed by atoms with van der Waals surface area (Å²) in [6.45, 7) is 5.09. The van der Waals surface area contributed by atoms with Gasteiger partial charge in [-0.15, -0.1) is 0 Å². The van der Waals surface area contributed by atoms with Crippen molar-refractivity contribution in [2.45, 2.75) is 33.4 Å². The van der Waals surface area contributed by atoms with Gasteiger partial charge in [-0.3, -0.25) is 14.0 Å². The van der Waals surface area contributed by atoms with E-state index >= 15 is 0 Å². The van der Waals surface area contributed by atoms with Gasteiger partial charge in [0, 0.05) is 20.1 Å². The van der Waals surface area contributed by atoms with Gasteiger partial charge < -0.3 is 10.1 Å². The largest absolute Gasteiger partial charge is 0.497 e. The Kier molecular flexibility index (Phi) is 4.74. The molecule has 0 saturated carbocycles. The van der Waals surface area contributed by atoms with Crippen LogP contribution in [0.4, 0.5) is 5.95 Å². The van der Waals surface area contributed by atoms with Crippen LogP contribution in [0.5, 0.6) is 5.75 Å². The van der Waals surface area contributed by atoms with E-state index in [1.165, 1.54) is 0 Å². The number of fused-ring (bicyclic) bond motifs is 1. The lowest BCUT2D eigenvalue weighted by Crippen LogP contribution is -2.26. The Hall–Kier alpha value is -2.83. The highest BCUT2D eigenvalue weighted by molar-refractivity contribution is 5.77. The molecule has 0 spiro atoms. The van der Waals surface area contributed by atoms with Gasteiger partial charge in [-0.2, -0.15) is 5.10 Å².